The van der Waals surface area contributed by atoms with E-state index in [2.05, 4.69) is 9.98 Å². The van der Waals surface area contributed by atoms with Gasteiger partial charge in [-0.2, -0.15) is 0 Å². The molecule has 0 aromatic rings. The van der Waals surface area contributed by atoms with E-state index >= 15 is 0 Å². The van der Waals surface area contributed by atoms with Crippen LogP contribution in [0.5, 0.6) is 0 Å². The molecule has 9 nitrogen and oxygen atoms in total. The fourth-order valence-corrected chi connectivity index (χ4v) is 2.73. The van der Waals surface area contributed by atoms with Gasteiger partial charge in [-0.3, -0.25) is 5.01 Å². The fraction of sp³-hybridized carbons (Fsp3) is 0.667. The summed E-state index contributed by atoms with van der Waals surface area (Å²) < 4.78 is 5.70. The lowest BCUT2D eigenvalue weighted by atomic mass is 10.2. The summed E-state index contributed by atoms with van der Waals surface area (Å²) in [6.45, 7) is -0.211. The number of nitrogens with two attached hydrogens (primary N) is 1. The number of hydrogen-bond acceptors (Lipinski definition) is 9. The van der Waals surface area contributed by atoms with Gasteiger partial charge in [-0.1, -0.05) is 0 Å². The molecular weight excluding hydrogens is 276 g/mol. The monoisotopic (exact) mass is 296 g/mol. The number of fused-ring (bicyclic) bond motifs is 1. The van der Waals surface area contributed by atoms with E-state index < -0.39 is 12.2 Å². The first kappa shape index (κ1) is 14.3. The van der Waals surface area contributed by atoms with Crippen molar-refractivity contribution in [3.8, 4) is 0 Å². The van der Waals surface area contributed by atoms with E-state index in [4.69, 9.17) is 10.5 Å². The summed E-state index contributed by atoms with van der Waals surface area (Å²) in [6, 6.07) is 0. The van der Waals surface area contributed by atoms with Gasteiger partial charge in [0.15, 0.2) is 12.0 Å². The van der Waals surface area contributed by atoms with Crippen LogP contribution in [-0.2, 0) is 4.74 Å². The molecule has 0 saturated carbocycles. The highest BCUT2D eigenvalue weighted by molar-refractivity contribution is 5.68. The Hall–Kier alpha value is -1.68. The van der Waals surface area contributed by atoms with Gasteiger partial charge in [0.25, 0.3) is 0 Å². The van der Waals surface area contributed by atoms with Crippen LogP contribution in [0, 0.1) is 0 Å². The quantitative estimate of drug-likeness (QED) is 0.556. The Bertz CT molecular complexity index is 505. The summed E-state index contributed by atoms with van der Waals surface area (Å²) in [4.78, 5) is 10.3. The number of aliphatic hydroxyl groups is 2. The van der Waals surface area contributed by atoms with E-state index in [-0.39, 0.29) is 19.0 Å². The van der Waals surface area contributed by atoms with Crippen LogP contribution in [0.1, 0.15) is 6.42 Å². The van der Waals surface area contributed by atoms with Gasteiger partial charge in [-0.05, 0) is 0 Å². The second-order valence-electron chi connectivity index (χ2n) is 5.42. The van der Waals surface area contributed by atoms with E-state index in [0.29, 0.717) is 17.9 Å². The first-order chi connectivity index (χ1) is 10.0. The lowest BCUT2D eigenvalue weighted by molar-refractivity contribution is -0.0876. The molecule has 1 fully saturated rings. The lowest BCUT2D eigenvalue weighted by Crippen LogP contribution is -2.55. The highest BCUT2D eigenvalue weighted by Crippen LogP contribution is 2.32. The fourth-order valence-electron chi connectivity index (χ4n) is 2.73. The molecule has 3 aliphatic heterocycles. The Morgan fingerprint density at radius 1 is 1.43 bits per heavy atom. The van der Waals surface area contributed by atoms with Gasteiger partial charge in [0.1, 0.15) is 24.4 Å². The average molecular weight is 296 g/mol. The van der Waals surface area contributed by atoms with E-state index in [1.54, 1.807) is 12.7 Å². The van der Waals surface area contributed by atoms with Crippen LogP contribution in [0.15, 0.2) is 21.5 Å². The Morgan fingerprint density at radius 2 is 2.19 bits per heavy atom. The molecular formula is C12H20N6O3. The van der Waals surface area contributed by atoms with E-state index in [1.165, 1.54) is 0 Å². The number of aliphatic imine (C=N–C) groups is 2. The first-order valence-electron chi connectivity index (χ1n) is 6.78. The number of hydrogen-bond donors (Lipinski definition) is 3. The highest BCUT2D eigenvalue weighted by atomic mass is 16.5. The molecule has 1 saturated heterocycles. The molecule has 3 heterocycles. The molecule has 0 spiro atoms. The van der Waals surface area contributed by atoms with Crippen molar-refractivity contribution in [2.24, 2.45) is 15.7 Å². The van der Waals surface area contributed by atoms with Gasteiger partial charge < -0.3 is 25.6 Å². The molecule has 4 N–H and O–H groups in total. The summed E-state index contributed by atoms with van der Waals surface area (Å²) in [6.07, 6.45) is 1.80. The minimum Gasteiger partial charge on any atom is -0.394 e. The van der Waals surface area contributed by atoms with E-state index in [9.17, 15) is 10.2 Å². The summed E-state index contributed by atoms with van der Waals surface area (Å²) in [5, 5.41) is 22.9. The SMILES string of the molecule is CN(C)N1C=NC(N)=C2N=CN(C3CC(O)C(CO)O3)C21. The maximum atomic E-state index is 9.90. The molecule has 4 unspecified atom stereocenters. The molecule has 0 aromatic heterocycles. The molecule has 3 aliphatic rings. The molecule has 0 radical (unpaired) electrons. The molecule has 3 rings (SSSR count). The van der Waals surface area contributed by atoms with Crippen molar-refractivity contribution in [2.75, 3.05) is 20.7 Å². The second-order valence-corrected chi connectivity index (χ2v) is 5.42. The highest BCUT2D eigenvalue weighted by Gasteiger charge is 2.44. The predicted octanol–water partition coefficient (Wildman–Crippen LogP) is -1.93. The van der Waals surface area contributed by atoms with Crippen LogP contribution in [-0.4, -0.2) is 83.1 Å². The van der Waals surface area contributed by atoms with Crippen molar-refractivity contribution in [3.63, 3.8) is 0 Å². The third-order valence-corrected chi connectivity index (χ3v) is 3.86. The Balaban J connectivity index is 1.85. The standard InChI is InChI=1S/C12H20N6O3/c1-16(2)18-6-15-11(13)10-12(18)17(5-14-10)9-3-7(20)8(4-19)21-9/h5-9,12,19-20H,3-4,13H2,1-2H3. The molecule has 0 bridgehead atoms. The van der Waals surface area contributed by atoms with Gasteiger partial charge in [-0.15, -0.1) is 0 Å². The zero-order valence-corrected chi connectivity index (χ0v) is 12.0. The van der Waals surface area contributed by atoms with Gasteiger partial charge in [0.05, 0.1) is 19.0 Å². The minimum atomic E-state index is -0.691. The van der Waals surface area contributed by atoms with E-state index in [1.807, 2.05) is 29.0 Å². The van der Waals surface area contributed by atoms with Gasteiger partial charge in [-0.25, -0.2) is 15.0 Å². The topological polar surface area (TPSA) is 110 Å². The Morgan fingerprint density at radius 3 is 2.81 bits per heavy atom. The van der Waals surface area contributed by atoms with Crippen molar-refractivity contribution >= 4 is 12.7 Å². The van der Waals surface area contributed by atoms with Crippen LogP contribution >= 0.6 is 0 Å². The summed E-state index contributed by atoms with van der Waals surface area (Å²) >= 11 is 0. The number of nitrogens with zero attached hydrogens (tertiary/aromatic N) is 5. The van der Waals surface area contributed by atoms with Crippen LogP contribution in [0.25, 0.3) is 0 Å². The van der Waals surface area contributed by atoms with Gasteiger partial charge in [0, 0.05) is 20.5 Å². The molecule has 0 aromatic carbocycles. The van der Waals surface area contributed by atoms with Gasteiger partial charge >= 0.3 is 0 Å². The molecule has 21 heavy (non-hydrogen) atoms. The third-order valence-electron chi connectivity index (χ3n) is 3.86. The van der Waals surface area contributed by atoms with Crippen molar-refractivity contribution in [3.05, 3.63) is 11.5 Å². The number of hydrazine groups is 1. The van der Waals surface area contributed by atoms with Crippen LogP contribution < -0.4 is 5.73 Å². The number of aliphatic hydroxyl groups excluding tert-OH is 2. The van der Waals surface area contributed by atoms with Crippen molar-refractivity contribution in [1.82, 2.24) is 14.9 Å². The van der Waals surface area contributed by atoms with Crippen LogP contribution in [0.3, 0.4) is 0 Å². The Kier molecular flexibility index (Phi) is 3.57. The van der Waals surface area contributed by atoms with Crippen molar-refractivity contribution in [1.29, 1.82) is 0 Å². The number of ether oxygens (including phenoxy) is 1. The lowest BCUT2D eigenvalue weighted by Gasteiger charge is -2.41. The molecule has 0 amide bonds. The molecule has 116 valence electrons. The maximum Gasteiger partial charge on any atom is 0.167 e. The van der Waals surface area contributed by atoms with Crippen molar-refractivity contribution in [2.45, 2.75) is 31.0 Å². The molecule has 0 aliphatic carbocycles. The summed E-state index contributed by atoms with van der Waals surface area (Å²) in [5.74, 6) is 0.370. The first-order valence-corrected chi connectivity index (χ1v) is 6.78. The minimum absolute atomic E-state index is 0.211. The summed E-state index contributed by atoms with van der Waals surface area (Å²) in [7, 11) is 3.78. The third kappa shape index (κ3) is 2.27. The molecule has 9 heteroatoms. The largest absolute Gasteiger partial charge is 0.394 e. The van der Waals surface area contributed by atoms with Crippen molar-refractivity contribution < 1.29 is 14.9 Å². The van der Waals surface area contributed by atoms with Crippen LogP contribution in [0.2, 0.25) is 0 Å². The number of rotatable bonds is 3. The normalized spacial score (nSPS) is 35.3. The zero-order valence-electron chi connectivity index (χ0n) is 12.0. The predicted molar refractivity (Wildman–Crippen MR) is 75.7 cm³/mol. The average Bonchev–Trinajstić information content (AvgIpc) is 3.02. The zero-order chi connectivity index (χ0) is 15.1. The maximum absolute atomic E-state index is 9.90. The molecule has 4 atom stereocenters. The van der Waals surface area contributed by atoms with E-state index in [0.717, 1.165) is 0 Å². The summed E-state index contributed by atoms with van der Waals surface area (Å²) in [5.41, 5.74) is 6.54. The second kappa shape index (κ2) is 5.26. The smallest absolute Gasteiger partial charge is 0.167 e. The van der Waals surface area contributed by atoms with Gasteiger partial charge in [0.2, 0.25) is 0 Å². The Labute approximate surface area is 122 Å². The van der Waals surface area contributed by atoms with Crippen LogP contribution in [0.4, 0.5) is 0 Å².